The minimum Gasteiger partial charge on any atom is -0.550 e. The molecule has 0 bridgehead atoms. The Balaban J connectivity index is 1.98. The normalized spacial score (nSPS) is 11.7. The van der Waals surface area contributed by atoms with E-state index < -0.39 is 12.0 Å². The number of thioether (sulfide) groups is 1. The van der Waals surface area contributed by atoms with Crippen LogP contribution in [-0.4, -0.2) is 17.6 Å². The number of amides is 1. The molecule has 6 heteroatoms. The summed E-state index contributed by atoms with van der Waals surface area (Å²) in [5.41, 5.74) is 0.677. The fourth-order valence-corrected chi connectivity index (χ4v) is 2.87. The molecule has 0 aliphatic heterocycles. The van der Waals surface area contributed by atoms with Crippen molar-refractivity contribution in [3.05, 3.63) is 65.2 Å². The standard InChI is InChI=1S/C17H16ClNO3S/c18-13-8-6-12(7-9-13)15(10-17(21)22)19-16(20)11-23-14-4-2-1-3-5-14/h1-9,15H,10-11H2,(H,19,20)(H,21,22)/p-1/t15-/m0/s1. The van der Waals surface area contributed by atoms with E-state index in [1.807, 2.05) is 30.3 Å². The number of carbonyl (C=O) groups is 2. The van der Waals surface area contributed by atoms with Gasteiger partial charge in [-0.3, -0.25) is 4.79 Å². The predicted molar refractivity (Wildman–Crippen MR) is 89.1 cm³/mol. The number of carboxylic acids is 1. The lowest BCUT2D eigenvalue weighted by Crippen LogP contribution is -2.35. The number of nitrogens with one attached hydrogen (secondary N) is 1. The van der Waals surface area contributed by atoms with Crippen LogP contribution in [0.15, 0.2) is 59.5 Å². The van der Waals surface area contributed by atoms with Gasteiger partial charge in [0.1, 0.15) is 0 Å². The third-order valence-electron chi connectivity index (χ3n) is 3.09. The van der Waals surface area contributed by atoms with Gasteiger partial charge >= 0.3 is 0 Å². The summed E-state index contributed by atoms with van der Waals surface area (Å²) in [6.45, 7) is 0. The first-order chi connectivity index (χ1) is 11.0. The average molecular weight is 349 g/mol. The highest BCUT2D eigenvalue weighted by atomic mass is 35.5. The van der Waals surface area contributed by atoms with E-state index in [1.165, 1.54) is 11.8 Å². The molecule has 1 atom stereocenters. The van der Waals surface area contributed by atoms with Gasteiger partial charge < -0.3 is 15.2 Å². The molecule has 0 saturated carbocycles. The van der Waals surface area contributed by atoms with E-state index in [-0.39, 0.29) is 18.1 Å². The highest BCUT2D eigenvalue weighted by Crippen LogP contribution is 2.21. The highest BCUT2D eigenvalue weighted by Gasteiger charge is 2.15. The van der Waals surface area contributed by atoms with Crippen molar-refractivity contribution in [2.75, 3.05) is 5.75 Å². The van der Waals surface area contributed by atoms with E-state index in [0.29, 0.717) is 10.6 Å². The minimum absolute atomic E-state index is 0.209. The molecule has 0 saturated heterocycles. The van der Waals surface area contributed by atoms with Crippen molar-refractivity contribution in [1.82, 2.24) is 5.32 Å². The maximum absolute atomic E-state index is 12.1. The molecule has 0 unspecified atom stereocenters. The Morgan fingerprint density at radius 3 is 2.35 bits per heavy atom. The summed E-state index contributed by atoms with van der Waals surface area (Å²) < 4.78 is 0. The molecule has 0 heterocycles. The molecule has 4 nitrogen and oxygen atoms in total. The van der Waals surface area contributed by atoms with Gasteiger partial charge in [0.25, 0.3) is 0 Å². The van der Waals surface area contributed by atoms with Crippen LogP contribution < -0.4 is 10.4 Å². The number of rotatable bonds is 7. The first kappa shape index (κ1) is 17.4. The summed E-state index contributed by atoms with van der Waals surface area (Å²) in [5, 5.41) is 14.2. The van der Waals surface area contributed by atoms with Gasteiger partial charge in [0.05, 0.1) is 11.8 Å². The van der Waals surface area contributed by atoms with E-state index in [2.05, 4.69) is 5.32 Å². The zero-order chi connectivity index (χ0) is 16.7. The minimum atomic E-state index is -1.22. The number of hydrogen-bond donors (Lipinski definition) is 1. The molecule has 1 amide bonds. The second-order valence-corrected chi connectivity index (χ2v) is 6.33. The Kier molecular flexibility index (Phi) is 6.50. The summed E-state index contributed by atoms with van der Waals surface area (Å²) >= 11 is 7.22. The maximum Gasteiger partial charge on any atom is 0.230 e. The van der Waals surface area contributed by atoms with E-state index in [1.54, 1.807) is 24.3 Å². The van der Waals surface area contributed by atoms with Gasteiger partial charge in [-0.05, 0) is 29.8 Å². The van der Waals surface area contributed by atoms with E-state index in [9.17, 15) is 14.7 Å². The monoisotopic (exact) mass is 348 g/mol. The number of carboxylic acid groups (broad SMARTS) is 1. The van der Waals surface area contributed by atoms with Gasteiger partial charge in [-0.25, -0.2) is 0 Å². The van der Waals surface area contributed by atoms with E-state index in [4.69, 9.17) is 11.6 Å². The lowest BCUT2D eigenvalue weighted by Gasteiger charge is -2.20. The first-order valence-electron chi connectivity index (χ1n) is 6.97. The largest absolute Gasteiger partial charge is 0.550 e. The molecule has 2 aromatic rings. The molecule has 2 rings (SSSR count). The number of halogens is 1. The zero-order valence-corrected chi connectivity index (χ0v) is 13.8. The lowest BCUT2D eigenvalue weighted by molar-refractivity contribution is -0.306. The second kappa shape index (κ2) is 8.60. The Morgan fingerprint density at radius 2 is 1.74 bits per heavy atom. The van der Waals surface area contributed by atoms with Crippen LogP contribution in [0.4, 0.5) is 0 Å². The fourth-order valence-electron chi connectivity index (χ4n) is 2.02. The molecule has 23 heavy (non-hydrogen) atoms. The van der Waals surface area contributed by atoms with Crippen molar-refractivity contribution < 1.29 is 14.7 Å². The molecule has 0 fully saturated rings. The van der Waals surface area contributed by atoms with Crippen LogP contribution >= 0.6 is 23.4 Å². The Morgan fingerprint density at radius 1 is 1.09 bits per heavy atom. The Hall–Kier alpha value is -1.98. The molecule has 0 aromatic heterocycles. The van der Waals surface area contributed by atoms with E-state index in [0.717, 1.165) is 4.90 Å². The summed E-state index contributed by atoms with van der Waals surface area (Å²) in [7, 11) is 0. The quantitative estimate of drug-likeness (QED) is 0.780. The Labute approximate surface area is 143 Å². The number of carbonyl (C=O) groups excluding carboxylic acids is 2. The van der Waals surface area contributed by atoms with Crippen molar-refractivity contribution in [2.45, 2.75) is 17.4 Å². The van der Waals surface area contributed by atoms with Gasteiger partial charge in [0, 0.05) is 22.3 Å². The number of benzene rings is 2. The fraction of sp³-hybridized carbons (Fsp3) is 0.176. The molecule has 1 N–H and O–H groups in total. The highest BCUT2D eigenvalue weighted by molar-refractivity contribution is 8.00. The third kappa shape index (κ3) is 5.96. The summed E-state index contributed by atoms with van der Waals surface area (Å²) in [6, 6.07) is 15.6. The van der Waals surface area contributed by atoms with Gasteiger partial charge in [-0.2, -0.15) is 0 Å². The number of hydrogen-bond acceptors (Lipinski definition) is 4. The molecular weight excluding hydrogens is 334 g/mol. The summed E-state index contributed by atoms with van der Waals surface area (Å²) in [5.74, 6) is -1.25. The molecule has 0 aliphatic rings. The van der Waals surface area contributed by atoms with Gasteiger partial charge in [-0.1, -0.05) is 41.9 Å². The average Bonchev–Trinajstić information content (AvgIpc) is 2.53. The Bertz CT molecular complexity index is 661. The van der Waals surface area contributed by atoms with Crippen molar-refractivity contribution in [2.24, 2.45) is 0 Å². The van der Waals surface area contributed by atoms with Crippen molar-refractivity contribution in [3.8, 4) is 0 Å². The van der Waals surface area contributed by atoms with E-state index >= 15 is 0 Å². The molecular formula is C17H15ClNO3S-. The van der Waals surface area contributed by atoms with Crippen LogP contribution in [0.3, 0.4) is 0 Å². The van der Waals surface area contributed by atoms with Gasteiger partial charge in [0.2, 0.25) is 5.91 Å². The van der Waals surface area contributed by atoms with Crippen LogP contribution in [0.25, 0.3) is 0 Å². The van der Waals surface area contributed by atoms with Gasteiger partial charge in [-0.15, -0.1) is 11.8 Å². The summed E-state index contributed by atoms with van der Waals surface area (Å²) in [6.07, 6.45) is -0.288. The third-order valence-corrected chi connectivity index (χ3v) is 4.36. The SMILES string of the molecule is O=C([O-])C[C@H](NC(=O)CSc1ccccc1)c1ccc(Cl)cc1. The number of aliphatic carboxylic acids is 1. The topological polar surface area (TPSA) is 69.2 Å². The van der Waals surface area contributed by atoms with Crippen LogP contribution in [0.2, 0.25) is 5.02 Å². The van der Waals surface area contributed by atoms with Crippen molar-refractivity contribution in [3.63, 3.8) is 0 Å². The van der Waals surface area contributed by atoms with Crippen LogP contribution in [0.5, 0.6) is 0 Å². The molecule has 0 spiro atoms. The van der Waals surface area contributed by atoms with Gasteiger partial charge in [0.15, 0.2) is 0 Å². The van der Waals surface area contributed by atoms with Crippen LogP contribution in [0, 0.1) is 0 Å². The van der Waals surface area contributed by atoms with Crippen LogP contribution in [0.1, 0.15) is 18.0 Å². The molecule has 120 valence electrons. The predicted octanol–water partition coefficient (Wildman–Crippen LogP) is 2.43. The lowest BCUT2D eigenvalue weighted by atomic mass is 10.0. The maximum atomic E-state index is 12.1. The van der Waals surface area contributed by atoms with Crippen molar-refractivity contribution >= 4 is 35.2 Å². The van der Waals surface area contributed by atoms with Crippen molar-refractivity contribution in [1.29, 1.82) is 0 Å². The molecule has 0 radical (unpaired) electrons. The molecule has 2 aromatic carbocycles. The smallest absolute Gasteiger partial charge is 0.230 e. The molecule has 0 aliphatic carbocycles. The zero-order valence-electron chi connectivity index (χ0n) is 12.2. The second-order valence-electron chi connectivity index (χ2n) is 4.85. The summed E-state index contributed by atoms with van der Waals surface area (Å²) in [4.78, 5) is 24.0. The first-order valence-corrected chi connectivity index (χ1v) is 8.33. The van der Waals surface area contributed by atoms with Crippen LogP contribution in [-0.2, 0) is 9.59 Å².